The molecule has 116 valence electrons. The maximum atomic E-state index is 12.2. The second-order valence-electron chi connectivity index (χ2n) is 5.19. The fourth-order valence-corrected chi connectivity index (χ4v) is 2.23. The van der Waals surface area contributed by atoms with Crippen LogP contribution in [0.3, 0.4) is 0 Å². The van der Waals surface area contributed by atoms with Gasteiger partial charge in [0.2, 0.25) is 0 Å². The van der Waals surface area contributed by atoms with Crippen LogP contribution >= 0.6 is 0 Å². The zero-order valence-corrected chi connectivity index (χ0v) is 11.7. The number of carboxylic acid groups (broad SMARTS) is 1. The smallest absolute Gasteiger partial charge is 0.325 e. The summed E-state index contributed by atoms with van der Waals surface area (Å²) < 4.78 is 6.26. The van der Waals surface area contributed by atoms with Crippen molar-refractivity contribution in [1.82, 2.24) is 19.9 Å². The molecule has 2 N–H and O–H groups in total. The predicted molar refractivity (Wildman–Crippen MR) is 69.6 cm³/mol. The normalized spacial score (nSPS) is 17.4. The lowest BCUT2D eigenvalue weighted by molar-refractivity contribution is -0.137. The molecule has 0 spiro atoms. The second-order valence-corrected chi connectivity index (χ2v) is 5.19. The fraction of sp³-hybridized carbons (Fsp3) is 0.667. The van der Waals surface area contributed by atoms with Gasteiger partial charge in [-0.2, -0.15) is 0 Å². The summed E-state index contributed by atoms with van der Waals surface area (Å²) in [5.41, 5.74) is -0.908. The maximum Gasteiger partial charge on any atom is 0.325 e. The SMILES string of the molecule is CN(CC1(O)CCOCC1)C(=O)c1cn(CC(=O)O)nn1. The van der Waals surface area contributed by atoms with E-state index in [0.29, 0.717) is 26.1 Å². The molecule has 1 aliphatic rings. The van der Waals surface area contributed by atoms with Crippen molar-refractivity contribution in [2.75, 3.05) is 26.8 Å². The van der Waals surface area contributed by atoms with Crippen molar-refractivity contribution in [2.45, 2.75) is 25.0 Å². The Bertz CT molecular complexity index is 523. The van der Waals surface area contributed by atoms with E-state index in [1.165, 1.54) is 11.1 Å². The maximum absolute atomic E-state index is 12.2. The van der Waals surface area contributed by atoms with Gasteiger partial charge < -0.3 is 19.8 Å². The summed E-state index contributed by atoms with van der Waals surface area (Å²) in [6.07, 6.45) is 2.22. The number of ether oxygens (including phenoxy) is 1. The molecule has 0 saturated carbocycles. The number of nitrogens with zero attached hydrogens (tertiary/aromatic N) is 4. The number of rotatable bonds is 5. The van der Waals surface area contributed by atoms with E-state index in [0.717, 1.165) is 4.68 Å². The summed E-state index contributed by atoms with van der Waals surface area (Å²) in [7, 11) is 1.56. The molecule has 1 aliphatic heterocycles. The van der Waals surface area contributed by atoms with Gasteiger partial charge in [0.1, 0.15) is 6.54 Å². The highest BCUT2D eigenvalue weighted by atomic mass is 16.5. The Balaban J connectivity index is 1.98. The molecule has 0 unspecified atom stereocenters. The zero-order chi connectivity index (χ0) is 15.5. The average molecular weight is 298 g/mol. The van der Waals surface area contributed by atoms with Crippen LogP contribution in [0, 0.1) is 0 Å². The molecule has 0 atom stereocenters. The molecule has 2 rings (SSSR count). The van der Waals surface area contributed by atoms with E-state index in [9.17, 15) is 14.7 Å². The highest BCUT2D eigenvalue weighted by Crippen LogP contribution is 2.21. The van der Waals surface area contributed by atoms with E-state index < -0.39 is 17.5 Å². The third-order valence-corrected chi connectivity index (χ3v) is 3.36. The van der Waals surface area contributed by atoms with Gasteiger partial charge >= 0.3 is 5.97 Å². The molecule has 0 bridgehead atoms. The third-order valence-electron chi connectivity index (χ3n) is 3.36. The standard InChI is InChI=1S/C12H18N4O5/c1-15(8-12(20)2-4-21-5-3-12)11(19)9-6-16(14-13-9)7-10(17)18/h6,20H,2-5,7-8H2,1H3,(H,17,18). The molecule has 2 heterocycles. The number of hydrogen-bond donors (Lipinski definition) is 2. The lowest BCUT2D eigenvalue weighted by atomic mass is 9.94. The molecule has 21 heavy (non-hydrogen) atoms. The van der Waals surface area contributed by atoms with Crippen LogP contribution in [0.2, 0.25) is 0 Å². The fourth-order valence-electron chi connectivity index (χ4n) is 2.23. The largest absolute Gasteiger partial charge is 0.480 e. The Labute approximate surface area is 121 Å². The van der Waals surface area contributed by atoms with E-state index in [-0.39, 0.29) is 18.8 Å². The molecule has 9 nitrogen and oxygen atoms in total. The summed E-state index contributed by atoms with van der Waals surface area (Å²) in [6, 6.07) is 0. The predicted octanol–water partition coefficient (Wildman–Crippen LogP) is -1.02. The highest BCUT2D eigenvalue weighted by Gasteiger charge is 2.33. The van der Waals surface area contributed by atoms with Crippen LogP contribution in [0.4, 0.5) is 0 Å². The number of aliphatic carboxylic acids is 1. The van der Waals surface area contributed by atoms with Gasteiger partial charge in [0.15, 0.2) is 5.69 Å². The lowest BCUT2D eigenvalue weighted by Gasteiger charge is -2.35. The lowest BCUT2D eigenvalue weighted by Crippen LogP contribution is -2.47. The minimum absolute atomic E-state index is 0.0504. The van der Waals surface area contributed by atoms with Gasteiger partial charge in [-0.1, -0.05) is 5.21 Å². The van der Waals surface area contributed by atoms with Crippen LogP contribution in [0.5, 0.6) is 0 Å². The second kappa shape index (κ2) is 6.19. The van der Waals surface area contributed by atoms with E-state index in [1.807, 2.05) is 0 Å². The highest BCUT2D eigenvalue weighted by molar-refractivity contribution is 5.91. The van der Waals surface area contributed by atoms with E-state index in [1.54, 1.807) is 7.05 Å². The van der Waals surface area contributed by atoms with Gasteiger partial charge in [-0.25, -0.2) is 4.68 Å². The van der Waals surface area contributed by atoms with E-state index in [4.69, 9.17) is 9.84 Å². The van der Waals surface area contributed by atoms with Crippen molar-refractivity contribution in [3.05, 3.63) is 11.9 Å². The minimum Gasteiger partial charge on any atom is -0.480 e. The van der Waals surface area contributed by atoms with Crippen molar-refractivity contribution in [1.29, 1.82) is 0 Å². The van der Waals surface area contributed by atoms with Gasteiger partial charge in [0.05, 0.1) is 11.8 Å². The Morgan fingerprint density at radius 2 is 2.14 bits per heavy atom. The van der Waals surface area contributed by atoms with Crippen molar-refractivity contribution in [3.8, 4) is 0 Å². The van der Waals surface area contributed by atoms with Crippen molar-refractivity contribution >= 4 is 11.9 Å². The van der Waals surface area contributed by atoms with E-state index in [2.05, 4.69) is 10.3 Å². The van der Waals surface area contributed by atoms with Crippen molar-refractivity contribution < 1.29 is 24.5 Å². The molecule has 1 aromatic rings. The molecular weight excluding hydrogens is 280 g/mol. The van der Waals surface area contributed by atoms with Crippen molar-refractivity contribution in [3.63, 3.8) is 0 Å². The molecule has 0 aromatic carbocycles. The Kier molecular flexibility index (Phi) is 4.53. The number of carbonyl (C=O) groups is 2. The first-order valence-electron chi connectivity index (χ1n) is 6.57. The number of amides is 1. The summed E-state index contributed by atoms with van der Waals surface area (Å²) in [5, 5.41) is 26.3. The van der Waals surface area contributed by atoms with E-state index >= 15 is 0 Å². The number of carboxylic acids is 1. The van der Waals surface area contributed by atoms with Gasteiger partial charge in [-0.05, 0) is 0 Å². The first-order valence-corrected chi connectivity index (χ1v) is 6.57. The number of likely N-dealkylation sites (N-methyl/N-ethyl adjacent to an activating group) is 1. The number of hydrogen-bond acceptors (Lipinski definition) is 6. The van der Waals surface area contributed by atoms with Gasteiger partial charge in [0, 0.05) is 39.6 Å². The Morgan fingerprint density at radius 1 is 1.48 bits per heavy atom. The quantitative estimate of drug-likeness (QED) is 0.714. The Morgan fingerprint density at radius 3 is 2.76 bits per heavy atom. The molecular formula is C12H18N4O5. The van der Waals surface area contributed by atoms with Crippen LogP contribution in [-0.4, -0.2) is 74.4 Å². The summed E-state index contributed by atoms with van der Waals surface area (Å²) in [5.74, 6) is -1.48. The molecule has 0 radical (unpaired) electrons. The number of carbonyl (C=O) groups excluding carboxylic acids is 1. The molecule has 0 aliphatic carbocycles. The van der Waals surface area contributed by atoms with Crippen LogP contribution in [0.25, 0.3) is 0 Å². The topological polar surface area (TPSA) is 118 Å². The van der Waals surface area contributed by atoms with Crippen LogP contribution < -0.4 is 0 Å². The van der Waals surface area contributed by atoms with Gasteiger partial charge in [-0.3, -0.25) is 9.59 Å². The molecule has 9 heteroatoms. The monoisotopic (exact) mass is 298 g/mol. The summed E-state index contributed by atoms with van der Waals surface area (Å²) >= 11 is 0. The molecule has 1 amide bonds. The first kappa shape index (κ1) is 15.4. The minimum atomic E-state index is -1.07. The van der Waals surface area contributed by atoms with Gasteiger partial charge in [-0.15, -0.1) is 5.10 Å². The zero-order valence-electron chi connectivity index (χ0n) is 11.7. The average Bonchev–Trinajstić information content (AvgIpc) is 2.85. The van der Waals surface area contributed by atoms with Crippen LogP contribution in [-0.2, 0) is 16.1 Å². The first-order chi connectivity index (χ1) is 9.89. The van der Waals surface area contributed by atoms with Crippen LogP contribution in [0.15, 0.2) is 6.20 Å². The molecule has 1 fully saturated rings. The number of aromatic nitrogens is 3. The molecule has 1 saturated heterocycles. The summed E-state index contributed by atoms with van der Waals surface area (Å²) in [4.78, 5) is 24.1. The van der Waals surface area contributed by atoms with Gasteiger partial charge in [0.25, 0.3) is 5.91 Å². The van der Waals surface area contributed by atoms with Crippen LogP contribution in [0.1, 0.15) is 23.3 Å². The number of aliphatic hydroxyl groups is 1. The molecule has 1 aromatic heterocycles. The Hall–Kier alpha value is -2.00. The summed E-state index contributed by atoms with van der Waals surface area (Å²) in [6.45, 7) is 0.743. The third kappa shape index (κ3) is 3.99. The van der Waals surface area contributed by atoms with Crippen molar-refractivity contribution in [2.24, 2.45) is 0 Å².